The maximum Gasteiger partial charge on any atom is 0.327 e. The van der Waals surface area contributed by atoms with Gasteiger partial charge in [-0.15, -0.1) is 0 Å². The number of thiol groups is 6. The SMILES string of the molecule is CC(C)C[C@H](NC(=O)[C@@H](CCC(=O)O)NC(=O)[C@H](CS)NC(=O)[C@@H](N)CS)C(=O)N[C@@H](CS)C(=O)N[C@@H](CS)C(=O)N[C@@H](CC(N)=O)C(=O)N1CCC[C@H]1C(=O)N[C@@H](C)C(=O)N[C@@H](CS)C(=O)N[C@@H](C)C(=O)NCC(=O)N[C@@H](CS)C(=O)O. The van der Waals surface area contributed by atoms with Gasteiger partial charge >= 0.3 is 11.9 Å². The van der Waals surface area contributed by atoms with Crippen molar-refractivity contribution in [3.05, 3.63) is 0 Å². The second-order valence-corrected chi connectivity index (χ2v) is 21.4. The number of nitrogens with one attached hydrogen (secondary N) is 11. The van der Waals surface area contributed by atoms with E-state index in [0.717, 1.165) is 4.90 Å². The average molecular weight is 1290 g/mol. The molecule has 1 aliphatic heterocycles. The number of hydrogen-bond acceptors (Lipinski definition) is 22. The molecule has 0 aliphatic carbocycles. The summed E-state index contributed by atoms with van der Waals surface area (Å²) in [6, 6.07) is -16.7. The van der Waals surface area contributed by atoms with Crippen molar-refractivity contribution in [1.29, 1.82) is 0 Å². The standard InChI is InChI=1S/C46H76N14O17S6/c1-19(2)10-24(54-38(68)23(7-8-34(63)64)53-41(71)27(15-80)57-37(67)22(47)13-78)39(69)58-29(17-82)43(73)59-28(16-81)42(72)55-25(11-32(48)61)45(75)60-9-5-6-31(60)44(74)51-21(4)36(66)56-26(14-79)40(70)50-20(3)35(65)49-12-33(62)52-30(18-83)46(76)77/h19-31,78-83H,5-18,47H2,1-4H3,(H2,48,61)(H,49,65)(H,50,70)(H,51,74)(H,52,62)(H,53,71)(H,54,68)(H,55,72)(H,56,66)(H,57,67)(H,58,69)(H,59,73)(H,63,64)(H,76,77)/t20-,21-,22-,23+,24-,25-,26-,27-,28-,29-,30-,31-/m0/s1. The first-order valence-corrected chi connectivity index (χ1v) is 29.4. The molecule has 0 saturated carbocycles. The van der Waals surface area contributed by atoms with E-state index in [0.29, 0.717) is 0 Å². The van der Waals surface area contributed by atoms with Crippen LogP contribution in [0.1, 0.15) is 66.2 Å². The van der Waals surface area contributed by atoms with Gasteiger partial charge in [-0.1, -0.05) is 13.8 Å². The van der Waals surface area contributed by atoms with Crippen LogP contribution in [-0.2, 0) is 71.9 Å². The quantitative estimate of drug-likeness (QED) is 0.0257. The summed E-state index contributed by atoms with van der Waals surface area (Å²) in [5.41, 5.74) is 11.1. The molecule has 1 rings (SSSR count). The molecule has 12 atom stereocenters. The van der Waals surface area contributed by atoms with Crippen molar-refractivity contribution < 1.29 is 82.1 Å². The summed E-state index contributed by atoms with van der Waals surface area (Å²) in [5, 5.41) is 44.4. The minimum Gasteiger partial charge on any atom is -0.481 e. The Labute approximate surface area is 511 Å². The average Bonchev–Trinajstić information content (AvgIpc) is 4.09. The maximum atomic E-state index is 14.1. The first-order chi connectivity index (χ1) is 38.9. The zero-order valence-electron chi connectivity index (χ0n) is 45.7. The molecule has 1 aliphatic rings. The third-order valence-electron chi connectivity index (χ3n) is 12.0. The molecule has 0 aromatic heterocycles. The van der Waals surface area contributed by atoms with Crippen LogP contribution < -0.4 is 70.0 Å². The number of nitrogens with two attached hydrogens (primary N) is 2. The topological polar surface area (TPSA) is 484 Å². The number of carboxylic acids is 2. The van der Waals surface area contributed by atoms with Crippen LogP contribution in [0.5, 0.6) is 0 Å². The molecule has 31 nitrogen and oxygen atoms in total. The summed E-state index contributed by atoms with van der Waals surface area (Å²) >= 11 is 24.3. The molecule has 0 unspecified atom stereocenters. The van der Waals surface area contributed by atoms with Crippen LogP contribution in [0, 0.1) is 5.92 Å². The molecule has 83 heavy (non-hydrogen) atoms. The molecular weight excluding hydrogens is 1210 g/mol. The lowest BCUT2D eigenvalue weighted by molar-refractivity contribution is -0.143. The Morgan fingerprint density at radius 1 is 0.506 bits per heavy atom. The fourth-order valence-corrected chi connectivity index (χ4v) is 8.89. The van der Waals surface area contributed by atoms with E-state index in [1.54, 1.807) is 13.8 Å². The lowest BCUT2D eigenvalue weighted by atomic mass is 10.0. The Balaban J connectivity index is 3.13. The second-order valence-electron chi connectivity index (χ2n) is 19.2. The van der Waals surface area contributed by atoms with Gasteiger partial charge in [0, 0.05) is 47.5 Å². The van der Waals surface area contributed by atoms with Crippen LogP contribution in [0.4, 0.5) is 0 Å². The van der Waals surface area contributed by atoms with Gasteiger partial charge in [-0.3, -0.25) is 67.1 Å². The number of carbonyl (C=O) groups excluding carboxylic acids is 13. The number of likely N-dealkylation sites (tertiary alicyclic amines) is 1. The molecule has 0 radical (unpaired) electrons. The fourth-order valence-electron chi connectivity index (χ4n) is 7.45. The van der Waals surface area contributed by atoms with E-state index in [1.165, 1.54) is 13.8 Å². The predicted molar refractivity (Wildman–Crippen MR) is 317 cm³/mol. The molecule has 0 aromatic carbocycles. The van der Waals surface area contributed by atoms with Crippen molar-refractivity contribution >= 4 is 165 Å². The van der Waals surface area contributed by atoms with Crippen molar-refractivity contribution in [2.75, 3.05) is 47.6 Å². The number of rotatable bonds is 37. The molecule has 17 N–H and O–H groups in total. The summed E-state index contributed by atoms with van der Waals surface area (Å²) in [6.07, 6.45) is -1.59. The summed E-state index contributed by atoms with van der Waals surface area (Å²) < 4.78 is 0. The molecule has 0 bridgehead atoms. The van der Waals surface area contributed by atoms with E-state index in [-0.39, 0.29) is 60.5 Å². The third kappa shape index (κ3) is 26.3. The number of aliphatic carboxylic acids is 2. The highest BCUT2D eigenvalue weighted by atomic mass is 32.1. The molecule has 1 fully saturated rings. The van der Waals surface area contributed by atoms with E-state index in [9.17, 15) is 77.0 Å². The highest BCUT2D eigenvalue weighted by Crippen LogP contribution is 2.20. The molecule has 468 valence electrons. The molecule has 37 heteroatoms. The fraction of sp³-hybridized carbons (Fsp3) is 0.674. The highest BCUT2D eigenvalue weighted by Gasteiger charge is 2.41. The predicted octanol–water partition coefficient (Wildman–Crippen LogP) is -7.24. The van der Waals surface area contributed by atoms with Gasteiger partial charge in [-0.2, -0.15) is 75.8 Å². The summed E-state index contributed by atoms with van der Waals surface area (Å²) in [5.74, 6) is -16.6. The summed E-state index contributed by atoms with van der Waals surface area (Å²) in [6.45, 7) is 5.24. The van der Waals surface area contributed by atoms with E-state index < -0.39 is 193 Å². The number of hydrogen-bond donors (Lipinski definition) is 21. The first kappa shape index (κ1) is 75.1. The molecule has 1 heterocycles. The van der Waals surface area contributed by atoms with Gasteiger partial charge in [-0.05, 0) is 45.4 Å². The number of nitrogens with zero attached hydrogens (tertiary/aromatic N) is 1. The molecular formula is C46H76N14O17S6. The Morgan fingerprint density at radius 2 is 0.928 bits per heavy atom. The minimum absolute atomic E-state index is 0.0490. The monoisotopic (exact) mass is 1290 g/mol. The second kappa shape index (κ2) is 38.1. The van der Waals surface area contributed by atoms with Crippen LogP contribution in [0.2, 0.25) is 0 Å². The van der Waals surface area contributed by atoms with Crippen molar-refractivity contribution in [3.8, 4) is 0 Å². The van der Waals surface area contributed by atoms with Crippen LogP contribution in [0.25, 0.3) is 0 Å². The van der Waals surface area contributed by atoms with Gasteiger partial charge in [-0.25, -0.2) is 4.79 Å². The Bertz CT molecular complexity index is 2370. The molecule has 1 saturated heterocycles. The zero-order chi connectivity index (χ0) is 63.4. The number of primary amides is 1. The zero-order valence-corrected chi connectivity index (χ0v) is 51.1. The van der Waals surface area contributed by atoms with Crippen LogP contribution in [0.3, 0.4) is 0 Å². The van der Waals surface area contributed by atoms with Crippen LogP contribution in [0.15, 0.2) is 0 Å². The Kier molecular flexibility index (Phi) is 34.5. The number of carboxylic acid groups (broad SMARTS) is 2. The smallest absolute Gasteiger partial charge is 0.327 e. The summed E-state index contributed by atoms with van der Waals surface area (Å²) in [7, 11) is 0. The largest absolute Gasteiger partial charge is 0.481 e. The van der Waals surface area contributed by atoms with E-state index in [2.05, 4.69) is 134 Å². The molecule has 0 aromatic rings. The molecule has 0 spiro atoms. The minimum atomic E-state index is -1.71. The van der Waals surface area contributed by atoms with Gasteiger partial charge in [0.2, 0.25) is 76.8 Å². The Morgan fingerprint density at radius 3 is 1.39 bits per heavy atom. The first-order valence-electron chi connectivity index (χ1n) is 25.6. The lowest BCUT2D eigenvalue weighted by Crippen LogP contribution is -2.61. The van der Waals surface area contributed by atoms with Crippen LogP contribution >= 0.6 is 75.8 Å². The Hall–Kier alpha value is -5.89. The van der Waals surface area contributed by atoms with Gasteiger partial charge in [0.05, 0.1) is 19.0 Å². The van der Waals surface area contributed by atoms with Gasteiger partial charge in [0.25, 0.3) is 0 Å². The van der Waals surface area contributed by atoms with E-state index in [1.807, 2.05) is 0 Å². The van der Waals surface area contributed by atoms with Crippen molar-refractivity contribution in [2.24, 2.45) is 17.4 Å². The van der Waals surface area contributed by atoms with E-state index in [4.69, 9.17) is 16.6 Å². The maximum absolute atomic E-state index is 14.1. The van der Waals surface area contributed by atoms with Crippen molar-refractivity contribution in [1.82, 2.24) is 63.4 Å². The van der Waals surface area contributed by atoms with Gasteiger partial charge in [0.15, 0.2) is 0 Å². The normalized spacial score (nSPS) is 16.8. The van der Waals surface area contributed by atoms with Gasteiger partial charge < -0.3 is 85.1 Å². The molecule has 13 amide bonds. The van der Waals surface area contributed by atoms with Crippen LogP contribution in [-0.4, -0.2) is 224 Å². The lowest BCUT2D eigenvalue weighted by Gasteiger charge is -2.30. The highest BCUT2D eigenvalue weighted by molar-refractivity contribution is 7.81. The van der Waals surface area contributed by atoms with Crippen molar-refractivity contribution in [2.45, 2.75) is 139 Å². The number of carbonyl (C=O) groups is 15. The third-order valence-corrected chi connectivity index (χ3v) is 14.2. The van der Waals surface area contributed by atoms with E-state index >= 15 is 0 Å². The van der Waals surface area contributed by atoms with Crippen molar-refractivity contribution in [3.63, 3.8) is 0 Å². The van der Waals surface area contributed by atoms with Gasteiger partial charge in [0.1, 0.15) is 66.5 Å². The summed E-state index contributed by atoms with van der Waals surface area (Å²) in [4.78, 5) is 195. The number of amides is 13.